The summed E-state index contributed by atoms with van der Waals surface area (Å²) in [4.78, 5) is 44.3. The number of carbonyl (C=O) groups is 4. The Bertz CT molecular complexity index is 662. The van der Waals surface area contributed by atoms with Gasteiger partial charge in [-0.25, -0.2) is 0 Å². The van der Waals surface area contributed by atoms with Gasteiger partial charge in [-0.15, -0.1) is 0 Å². The summed E-state index contributed by atoms with van der Waals surface area (Å²) in [6, 6.07) is 0. The van der Waals surface area contributed by atoms with Gasteiger partial charge in [-0.05, 0) is 6.42 Å². The zero-order valence-electron chi connectivity index (χ0n) is 19.5. The van der Waals surface area contributed by atoms with Crippen LogP contribution in [0.25, 0.3) is 0 Å². The highest BCUT2D eigenvalue weighted by atomic mass is 31.2. The lowest BCUT2D eigenvalue weighted by Crippen LogP contribution is -2.24. The predicted octanol–water partition coefficient (Wildman–Crippen LogP) is 2.62. The molecule has 0 radical (unpaired) electrons. The second-order valence-electron chi connectivity index (χ2n) is 6.16. The molecule has 17 heteroatoms. The van der Waals surface area contributed by atoms with Crippen LogP contribution in [0.4, 0.5) is 0 Å². The van der Waals surface area contributed by atoms with Crippen molar-refractivity contribution in [2.45, 2.75) is 53.0 Å². The van der Waals surface area contributed by atoms with Crippen molar-refractivity contribution in [2.24, 2.45) is 0 Å². The van der Waals surface area contributed by atoms with Gasteiger partial charge in [-0.2, -0.15) is 0 Å². The molecule has 15 nitrogen and oxygen atoms in total. The van der Waals surface area contributed by atoms with E-state index in [1.54, 1.807) is 6.92 Å². The highest BCUT2D eigenvalue weighted by Crippen LogP contribution is 2.70. The van der Waals surface area contributed by atoms with Crippen molar-refractivity contribution < 1.29 is 70.1 Å². The quantitative estimate of drug-likeness (QED) is 0.0817. The van der Waals surface area contributed by atoms with Crippen LogP contribution in [-0.4, -0.2) is 63.2 Å². The van der Waals surface area contributed by atoms with E-state index in [1.165, 1.54) is 0 Å². The number of ether oxygens (including phenoxy) is 5. The van der Waals surface area contributed by atoms with E-state index in [0.29, 0.717) is 12.8 Å². The minimum atomic E-state index is -4.80. The summed E-state index contributed by atoms with van der Waals surface area (Å²) in [5.74, 6) is -3.24. The molecule has 0 saturated carbocycles. The van der Waals surface area contributed by atoms with Crippen LogP contribution in [0.1, 0.15) is 47.5 Å². The monoisotopic (exact) mass is 536 g/mol. The fourth-order valence-corrected chi connectivity index (χ4v) is 5.97. The maximum absolute atomic E-state index is 13.6. The van der Waals surface area contributed by atoms with Gasteiger partial charge >= 0.3 is 39.1 Å². The van der Waals surface area contributed by atoms with E-state index in [9.17, 15) is 28.3 Å². The Morgan fingerprint density at radius 1 is 0.618 bits per heavy atom. The number of rotatable bonds is 18. The predicted molar refractivity (Wildman–Crippen MR) is 111 cm³/mol. The fraction of sp³-hybridized carbons (Fsp3) is 0.765. The van der Waals surface area contributed by atoms with Gasteiger partial charge in [-0.1, -0.05) is 13.3 Å². The zero-order chi connectivity index (χ0) is 26.2. The molecule has 34 heavy (non-hydrogen) atoms. The van der Waals surface area contributed by atoms with Gasteiger partial charge in [0.25, 0.3) is 5.59 Å². The molecule has 0 saturated heterocycles. The summed E-state index contributed by atoms with van der Waals surface area (Å²) < 4.78 is 71.2. The smallest absolute Gasteiger partial charge is 0.377 e. The Kier molecular flexibility index (Phi) is 15.8. The molecule has 0 aromatic rings. The molecular weight excluding hydrogens is 506 g/mol. The van der Waals surface area contributed by atoms with E-state index in [1.807, 2.05) is 0 Å². The molecule has 0 aromatic carbocycles. The van der Waals surface area contributed by atoms with E-state index >= 15 is 0 Å². The van der Waals surface area contributed by atoms with Gasteiger partial charge in [-0.3, -0.25) is 46.4 Å². The second kappa shape index (κ2) is 16.7. The summed E-state index contributed by atoms with van der Waals surface area (Å²) in [5, 5.41) is 0. The molecule has 0 rings (SSSR count). The van der Waals surface area contributed by atoms with Crippen molar-refractivity contribution in [3.8, 4) is 0 Å². The third-order valence-electron chi connectivity index (χ3n) is 3.29. The molecule has 0 bridgehead atoms. The Hall–Kier alpha value is -1.86. The highest BCUT2D eigenvalue weighted by molar-refractivity contribution is 7.72. The first-order valence-electron chi connectivity index (χ1n) is 9.79. The van der Waals surface area contributed by atoms with Gasteiger partial charge in [0.1, 0.15) is 0 Å². The Balaban J connectivity index is 6.13. The van der Waals surface area contributed by atoms with Crippen molar-refractivity contribution in [3.05, 3.63) is 0 Å². The lowest BCUT2D eigenvalue weighted by Gasteiger charge is -2.31. The van der Waals surface area contributed by atoms with Crippen LogP contribution < -0.4 is 0 Å². The lowest BCUT2D eigenvalue weighted by molar-refractivity contribution is -0.151. The van der Waals surface area contributed by atoms with Crippen LogP contribution in [0.2, 0.25) is 0 Å². The van der Waals surface area contributed by atoms with Crippen LogP contribution in [0.3, 0.4) is 0 Å². The maximum atomic E-state index is 13.6. The Labute approximate surface area is 196 Å². The number of esters is 4. The average molecular weight is 536 g/mol. The van der Waals surface area contributed by atoms with Crippen molar-refractivity contribution in [1.82, 2.24) is 0 Å². The van der Waals surface area contributed by atoms with Crippen molar-refractivity contribution in [3.63, 3.8) is 0 Å². The second-order valence-corrected chi connectivity index (χ2v) is 10.7. The summed E-state index contributed by atoms with van der Waals surface area (Å²) in [6.45, 7) is 2.07. The molecule has 0 heterocycles. The summed E-state index contributed by atoms with van der Waals surface area (Å²) >= 11 is 0. The van der Waals surface area contributed by atoms with Gasteiger partial charge < -0.3 is 23.7 Å². The summed E-state index contributed by atoms with van der Waals surface area (Å²) in [6.07, 6.45) is 0.991. The van der Waals surface area contributed by atoms with Crippen molar-refractivity contribution in [2.75, 3.05) is 33.8 Å². The molecule has 0 amide bonds. The van der Waals surface area contributed by atoms with Crippen LogP contribution in [0.15, 0.2) is 0 Å². The van der Waals surface area contributed by atoms with E-state index < -0.39 is 71.8 Å². The van der Waals surface area contributed by atoms with Crippen LogP contribution >= 0.6 is 15.2 Å². The normalized spacial score (nSPS) is 11.7. The van der Waals surface area contributed by atoms with Gasteiger partial charge in [0.2, 0.25) is 27.2 Å². The van der Waals surface area contributed by atoms with Crippen LogP contribution in [0.5, 0.6) is 0 Å². The molecule has 198 valence electrons. The van der Waals surface area contributed by atoms with Crippen molar-refractivity contribution in [1.29, 1.82) is 0 Å². The third-order valence-corrected chi connectivity index (χ3v) is 8.22. The first kappa shape index (κ1) is 32.1. The minimum absolute atomic E-state index is 0.156. The molecule has 0 fully saturated rings. The average Bonchev–Trinajstić information content (AvgIpc) is 2.70. The summed E-state index contributed by atoms with van der Waals surface area (Å²) in [5.41, 5.74) is -2.16. The molecule has 0 aliphatic rings. The van der Waals surface area contributed by atoms with Crippen LogP contribution in [0, 0.1) is 0 Å². The standard InChI is InChI=1S/C17H30O15P2/c1-6-7-8-24-17(33(22,29-9-25-13(2)18)30-10-26-14(3)19)34(23,31-11-27-15(4)20)32-12-28-16(5)21/h17H,6-12H2,1-5H3. The highest BCUT2D eigenvalue weighted by Gasteiger charge is 2.54. The van der Waals surface area contributed by atoms with Gasteiger partial charge in [0.05, 0.1) is 0 Å². The number of hydrogen-bond donors (Lipinski definition) is 0. The first-order valence-corrected chi connectivity index (χ1v) is 13.0. The maximum Gasteiger partial charge on any atom is 0.377 e. The van der Waals surface area contributed by atoms with E-state index in [0.717, 1.165) is 27.7 Å². The minimum Gasteiger partial charge on any atom is -0.438 e. The molecule has 0 atom stereocenters. The van der Waals surface area contributed by atoms with Crippen molar-refractivity contribution >= 4 is 39.1 Å². The molecule has 0 aromatic heterocycles. The largest absolute Gasteiger partial charge is 0.438 e. The molecule has 0 unspecified atom stereocenters. The van der Waals surface area contributed by atoms with E-state index in [4.69, 9.17) is 22.8 Å². The fourth-order valence-electron chi connectivity index (χ4n) is 1.75. The first-order chi connectivity index (χ1) is 15.9. The summed E-state index contributed by atoms with van der Waals surface area (Å²) in [7, 11) is -9.60. The molecule has 0 N–H and O–H groups in total. The third kappa shape index (κ3) is 13.8. The number of hydrogen-bond acceptors (Lipinski definition) is 15. The SMILES string of the molecule is CCCCOC(P(=O)(OCOC(C)=O)OCOC(C)=O)P(=O)(OCOC(C)=O)OCOC(C)=O. The topological polar surface area (TPSA) is 185 Å². The number of unbranched alkanes of at least 4 members (excludes halogenated alkanes) is 1. The molecule has 0 aliphatic carbocycles. The van der Waals surface area contributed by atoms with E-state index in [-0.39, 0.29) is 6.61 Å². The lowest BCUT2D eigenvalue weighted by atomic mass is 10.4. The van der Waals surface area contributed by atoms with Crippen LogP contribution in [-0.2, 0) is 70.1 Å². The number of carbonyl (C=O) groups excluding carboxylic acids is 4. The Morgan fingerprint density at radius 2 is 0.912 bits per heavy atom. The molecular formula is C17H30O15P2. The van der Waals surface area contributed by atoms with E-state index in [2.05, 4.69) is 18.9 Å². The molecule has 0 spiro atoms. The van der Waals surface area contributed by atoms with Gasteiger partial charge in [0.15, 0.2) is 0 Å². The zero-order valence-corrected chi connectivity index (χ0v) is 21.3. The molecule has 0 aliphatic heterocycles. The Morgan fingerprint density at radius 3 is 1.15 bits per heavy atom. The van der Waals surface area contributed by atoms with Gasteiger partial charge in [0, 0.05) is 34.3 Å².